The van der Waals surface area contributed by atoms with Crippen molar-refractivity contribution in [1.82, 2.24) is 10.2 Å². The molecular formula is C23H30N2O2. The first kappa shape index (κ1) is 19.4. The summed E-state index contributed by atoms with van der Waals surface area (Å²) in [5.41, 5.74) is 4.74. The van der Waals surface area contributed by atoms with Crippen molar-refractivity contribution in [2.24, 2.45) is 0 Å². The molecule has 0 aliphatic carbocycles. The Morgan fingerprint density at radius 2 is 1.70 bits per heavy atom. The third kappa shape index (κ3) is 5.57. The van der Waals surface area contributed by atoms with Crippen molar-refractivity contribution in [3.63, 3.8) is 0 Å². The summed E-state index contributed by atoms with van der Waals surface area (Å²) >= 11 is 0. The number of nitrogens with zero attached hydrogens (tertiary/aromatic N) is 1. The van der Waals surface area contributed by atoms with Crippen LogP contribution in [-0.4, -0.2) is 30.0 Å². The van der Waals surface area contributed by atoms with Gasteiger partial charge in [-0.1, -0.05) is 30.3 Å². The fourth-order valence-corrected chi connectivity index (χ4v) is 3.65. The average molecular weight is 367 g/mol. The van der Waals surface area contributed by atoms with Crippen LogP contribution in [0.25, 0.3) is 0 Å². The molecule has 1 heterocycles. The predicted octanol–water partition coefficient (Wildman–Crippen LogP) is 3.98. The highest BCUT2D eigenvalue weighted by Gasteiger charge is 2.17. The molecule has 2 aromatic rings. The van der Waals surface area contributed by atoms with Crippen LogP contribution in [0.15, 0.2) is 42.5 Å². The zero-order valence-corrected chi connectivity index (χ0v) is 16.6. The zero-order valence-electron chi connectivity index (χ0n) is 16.6. The van der Waals surface area contributed by atoms with Crippen molar-refractivity contribution < 1.29 is 9.53 Å². The summed E-state index contributed by atoms with van der Waals surface area (Å²) < 4.78 is 5.84. The second-order valence-electron chi connectivity index (χ2n) is 7.55. The van der Waals surface area contributed by atoms with Gasteiger partial charge in [-0.25, -0.2) is 0 Å². The molecule has 1 fully saturated rings. The summed E-state index contributed by atoms with van der Waals surface area (Å²) in [5.74, 6) is 0.648. The van der Waals surface area contributed by atoms with E-state index in [1.807, 2.05) is 32.0 Å². The number of amides is 1. The first-order chi connectivity index (χ1) is 13.0. The van der Waals surface area contributed by atoms with Crippen LogP contribution in [0.2, 0.25) is 0 Å². The summed E-state index contributed by atoms with van der Waals surface area (Å²) in [6, 6.07) is 14.4. The number of hydrogen-bond acceptors (Lipinski definition) is 3. The van der Waals surface area contributed by atoms with Gasteiger partial charge < -0.3 is 10.1 Å². The minimum Gasteiger partial charge on any atom is -0.481 e. The standard InChI is InChI=1S/C23H30N2O2/c1-17-12-18(2)14-22(13-17)27-19(3)23(26)24-15-20-8-4-5-9-21(20)16-25-10-6-7-11-25/h4-5,8-9,12-14,19H,6-7,10-11,15-16H2,1-3H3,(H,24,26). The third-order valence-electron chi connectivity index (χ3n) is 5.04. The molecule has 0 saturated carbocycles. The van der Waals surface area contributed by atoms with Gasteiger partial charge in [-0.2, -0.15) is 0 Å². The van der Waals surface area contributed by atoms with Gasteiger partial charge in [-0.3, -0.25) is 9.69 Å². The number of nitrogens with one attached hydrogen (secondary N) is 1. The van der Waals surface area contributed by atoms with Gasteiger partial charge in [0.15, 0.2) is 6.10 Å². The van der Waals surface area contributed by atoms with Crippen LogP contribution in [-0.2, 0) is 17.9 Å². The van der Waals surface area contributed by atoms with Crippen LogP contribution in [0, 0.1) is 13.8 Å². The highest BCUT2D eigenvalue weighted by Crippen LogP contribution is 2.18. The molecule has 0 spiro atoms. The zero-order chi connectivity index (χ0) is 19.2. The predicted molar refractivity (Wildman–Crippen MR) is 109 cm³/mol. The van der Waals surface area contributed by atoms with Crippen molar-refractivity contribution in [2.75, 3.05) is 13.1 Å². The molecule has 2 aromatic carbocycles. The molecule has 1 aliphatic rings. The highest BCUT2D eigenvalue weighted by molar-refractivity contribution is 5.80. The van der Waals surface area contributed by atoms with Gasteiger partial charge in [-0.15, -0.1) is 0 Å². The first-order valence-electron chi connectivity index (χ1n) is 9.83. The molecule has 144 valence electrons. The maximum atomic E-state index is 12.5. The molecule has 1 aliphatic heterocycles. The summed E-state index contributed by atoms with van der Waals surface area (Å²) in [6.07, 6.45) is 2.04. The fraction of sp³-hybridized carbons (Fsp3) is 0.435. The Hall–Kier alpha value is -2.33. The molecule has 4 nitrogen and oxygen atoms in total. The molecular weight excluding hydrogens is 336 g/mol. The Kier molecular flexibility index (Phi) is 6.51. The normalized spacial score (nSPS) is 15.5. The molecule has 1 atom stereocenters. The SMILES string of the molecule is Cc1cc(C)cc(OC(C)C(=O)NCc2ccccc2CN2CCCC2)c1. The van der Waals surface area contributed by atoms with Crippen LogP contribution in [0.4, 0.5) is 0 Å². The van der Waals surface area contributed by atoms with Gasteiger partial charge in [0.25, 0.3) is 5.91 Å². The number of benzene rings is 2. The summed E-state index contributed by atoms with van der Waals surface area (Å²) in [7, 11) is 0. The van der Waals surface area contributed by atoms with Crippen molar-refractivity contribution in [3.8, 4) is 5.75 Å². The number of ether oxygens (including phenoxy) is 1. The van der Waals surface area contributed by atoms with Crippen molar-refractivity contribution >= 4 is 5.91 Å². The maximum Gasteiger partial charge on any atom is 0.261 e. The summed E-state index contributed by atoms with van der Waals surface area (Å²) in [4.78, 5) is 15.0. The molecule has 3 rings (SSSR count). The van der Waals surface area contributed by atoms with Crippen LogP contribution in [0.5, 0.6) is 5.75 Å². The van der Waals surface area contributed by atoms with Gasteiger partial charge in [0.1, 0.15) is 5.75 Å². The Morgan fingerprint density at radius 3 is 2.37 bits per heavy atom. The number of likely N-dealkylation sites (tertiary alicyclic amines) is 1. The van der Waals surface area contributed by atoms with E-state index in [2.05, 4.69) is 34.5 Å². The lowest BCUT2D eigenvalue weighted by Crippen LogP contribution is -2.36. The molecule has 1 amide bonds. The van der Waals surface area contributed by atoms with E-state index in [4.69, 9.17) is 4.74 Å². The van der Waals surface area contributed by atoms with Crippen LogP contribution in [0.3, 0.4) is 0 Å². The molecule has 1 unspecified atom stereocenters. The van der Waals surface area contributed by atoms with E-state index in [0.29, 0.717) is 6.54 Å². The van der Waals surface area contributed by atoms with Crippen LogP contribution < -0.4 is 10.1 Å². The lowest BCUT2D eigenvalue weighted by molar-refractivity contribution is -0.127. The number of rotatable bonds is 7. The summed E-state index contributed by atoms with van der Waals surface area (Å²) in [5, 5.41) is 3.03. The van der Waals surface area contributed by atoms with Gasteiger partial charge in [0.05, 0.1) is 0 Å². The average Bonchev–Trinajstić information content (AvgIpc) is 3.13. The van der Waals surface area contributed by atoms with Crippen LogP contribution in [0.1, 0.15) is 42.0 Å². The van der Waals surface area contributed by atoms with Crippen molar-refractivity contribution in [3.05, 3.63) is 64.7 Å². The smallest absolute Gasteiger partial charge is 0.261 e. The lowest BCUT2D eigenvalue weighted by Gasteiger charge is -2.19. The van der Waals surface area contributed by atoms with Gasteiger partial charge in [-0.05, 0) is 81.1 Å². The Bertz CT molecular complexity index is 761. The van der Waals surface area contributed by atoms with E-state index in [1.54, 1.807) is 6.92 Å². The minimum absolute atomic E-state index is 0.0925. The van der Waals surface area contributed by atoms with E-state index in [9.17, 15) is 4.79 Å². The quantitative estimate of drug-likeness (QED) is 0.806. The lowest BCUT2D eigenvalue weighted by atomic mass is 10.1. The van der Waals surface area contributed by atoms with Gasteiger partial charge >= 0.3 is 0 Å². The Labute approximate surface area is 162 Å². The van der Waals surface area contributed by atoms with Gasteiger partial charge in [0, 0.05) is 13.1 Å². The first-order valence-corrected chi connectivity index (χ1v) is 9.83. The molecule has 4 heteroatoms. The molecule has 1 N–H and O–H groups in total. The van der Waals surface area contributed by atoms with E-state index in [0.717, 1.165) is 23.4 Å². The number of carbonyl (C=O) groups is 1. The number of hydrogen-bond donors (Lipinski definition) is 1. The van der Waals surface area contributed by atoms with Gasteiger partial charge in [0.2, 0.25) is 0 Å². The van der Waals surface area contributed by atoms with Crippen molar-refractivity contribution in [2.45, 2.75) is 52.8 Å². The minimum atomic E-state index is -0.531. The van der Waals surface area contributed by atoms with E-state index >= 15 is 0 Å². The van der Waals surface area contributed by atoms with Crippen LogP contribution >= 0.6 is 0 Å². The Morgan fingerprint density at radius 1 is 1.07 bits per heavy atom. The number of carbonyl (C=O) groups excluding carboxylic acids is 1. The monoisotopic (exact) mass is 366 g/mol. The molecule has 0 aromatic heterocycles. The summed E-state index contributed by atoms with van der Waals surface area (Å²) in [6.45, 7) is 9.68. The Balaban J connectivity index is 1.56. The second-order valence-corrected chi connectivity index (χ2v) is 7.55. The largest absolute Gasteiger partial charge is 0.481 e. The maximum absolute atomic E-state index is 12.5. The van der Waals surface area contributed by atoms with E-state index < -0.39 is 6.10 Å². The molecule has 1 saturated heterocycles. The molecule has 0 bridgehead atoms. The third-order valence-corrected chi connectivity index (χ3v) is 5.04. The van der Waals surface area contributed by atoms with E-state index in [1.165, 1.54) is 37.1 Å². The molecule has 27 heavy (non-hydrogen) atoms. The van der Waals surface area contributed by atoms with Crippen molar-refractivity contribution in [1.29, 1.82) is 0 Å². The topological polar surface area (TPSA) is 41.6 Å². The number of aryl methyl sites for hydroxylation is 2. The fourth-order valence-electron chi connectivity index (χ4n) is 3.65. The second kappa shape index (κ2) is 9.05. The highest BCUT2D eigenvalue weighted by atomic mass is 16.5. The molecule has 0 radical (unpaired) electrons. The van der Waals surface area contributed by atoms with E-state index in [-0.39, 0.29) is 5.91 Å².